The molecular formula is C24H27N3O3S. The standard InChI is InChI=1S/C24H27N3O3S/c1-16(2)13-25-24-27(21(15-31-24)18-9-7-17(3)8-10-18)26-14-20-22(29-5)11-19(28-4)12-23(20)30-6/h7-12,14-15H,1,13H2,2-6H3. The SMILES string of the molecule is C=C(C)CN=c1scc(-c2ccc(C)cc2)n1N=Cc1c(OC)cc(OC)cc1OC. The van der Waals surface area contributed by atoms with E-state index >= 15 is 0 Å². The molecule has 0 atom stereocenters. The van der Waals surface area contributed by atoms with Crippen LogP contribution in [0.2, 0.25) is 0 Å². The molecule has 0 saturated heterocycles. The summed E-state index contributed by atoms with van der Waals surface area (Å²) >= 11 is 1.54. The van der Waals surface area contributed by atoms with Crippen LogP contribution >= 0.6 is 11.3 Å². The second-order valence-corrected chi connectivity index (χ2v) is 7.88. The molecule has 31 heavy (non-hydrogen) atoms. The maximum atomic E-state index is 5.54. The third kappa shape index (κ3) is 5.24. The summed E-state index contributed by atoms with van der Waals surface area (Å²) in [6.45, 7) is 8.51. The molecule has 2 aromatic carbocycles. The van der Waals surface area contributed by atoms with Crippen molar-refractivity contribution >= 4 is 17.6 Å². The van der Waals surface area contributed by atoms with Crippen molar-refractivity contribution in [3.8, 4) is 28.5 Å². The minimum absolute atomic E-state index is 0.540. The van der Waals surface area contributed by atoms with Crippen molar-refractivity contribution in [2.24, 2.45) is 10.1 Å². The number of methoxy groups -OCH3 is 3. The van der Waals surface area contributed by atoms with E-state index in [1.165, 1.54) is 16.9 Å². The lowest BCUT2D eigenvalue weighted by atomic mass is 10.1. The number of benzene rings is 2. The van der Waals surface area contributed by atoms with Crippen LogP contribution in [-0.4, -0.2) is 38.8 Å². The largest absolute Gasteiger partial charge is 0.496 e. The fourth-order valence-corrected chi connectivity index (χ4v) is 3.76. The van der Waals surface area contributed by atoms with E-state index in [1.807, 2.05) is 11.6 Å². The Hall–Kier alpha value is -3.32. The fourth-order valence-electron chi connectivity index (χ4n) is 2.92. The molecule has 3 rings (SSSR count). The summed E-state index contributed by atoms with van der Waals surface area (Å²) in [5.74, 6) is 1.85. The zero-order chi connectivity index (χ0) is 22.4. The Morgan fingerprint density at radius 3 is 2.26 bits per heavy atom. The van der Waals surface area contributed by atoms with Crippen molar-refractivity contribution < 1.29 is 14.2 Å². The summed E-state index contributed by atoms with van der Waals surface area (Å²) in [5.41, 5.74) is 4.91. The Morgan fingerprint density at radius 2 is 1.71 bits per heavy atom. The monoisotopic (exact) mass is 437 g/mol. The molecule has 7 heteroatoms. The third-order valence-electron chi connectivity index (χ3n) is 4.57. The van der Waals surface area contributed by atoms with Crippen LogP contribution in [0.3, 0.4) is 0 Å². The molecule has 3 aromatic rings. The minimum atomic E-state index is 0.540. The maximum Gasteiger partial charge on any atom is 0.206 e. The Labute approximate surface area is 186 Å². The predicted molar refractivity (Wildman–Crippen MR) is 127 cm³/mol. The van der Waals surface area contributed by atoms with E-state index in [1.54, 1.807) is 39.7 Å². The van der Waals surface area contributed by atoms with Crippen molar-refractivity contribution in [1.82, 2.24) is 4.68 Å². The highest BCUT2D eigenvalue weighted by molar-refractivity contribution is 7.07. The molecule has 6 nitrogen and oxygen atoms in total. The van der Waals surface area contributed by atoms with Crippen LogP contribution in [0.25, 0.3) is 11.3 Å². The van der Waals surface area contributed by atoms with Crippen molar-refractivity contribution in [1.29, 1.82) is 0 Å². The number of nitrogens with zero attached hydrogens (tertiary/aromatic N) is 3. The molecule has 1 aromatic heterocycles. The van der Waals surface area contributed by atoms with Crippen molar-refractivity contribution in [2.45, 2.75) is 13.8 Å². The van der Waals surface area contributed by atoms with Gasteiger partial charge >= 0.3 is 0 Å². The molecule has 0 spiro atoms. The summed E-state index contributed by atoms with van der Waals surface area (Å²) < 4.78 is 18.3. The van der Waals surface area contributed by atoms with Gasteiger partial charge in [0.05, 0.1) is 45.3 Å². The maximum absolute atomic E-state index is 5.54. The van der Waals surface area contributed by atoms with Gasteiger partial charge in [-0.3, -0.25) is 4.99 Å². The van der Waals surface area contributed by atoms with E-state index in [9.17, 15) is 0 Å². The smallest absolute Gasteiger partial charge is 0.206 e. The van der Waals surface area contributed by atoms with Crippen LogP contribution in [0.1, 0.15) is 18.1 Å². The van der Waals surface area contributed by atoms with Crippen LogP contribution in [0.4, 0.5) is 0 Å². The van der Waals surface area contributed by atoms with E-state index in [2.05, 4.69) is 48.1 Å². The zero-order valence-corrected chi connectivity index (χ0v) is 19.3. The molecule has 0 amide bonds. The predicted octanol–water partition coefficient (Wildman–Crippen LogP) is 4.91. The summed E-state index contributed by atoms with van der Waals surface area (Å²) in [6.07, 6.45) is 1.72. The Kier molecular flexibility index (Phi) is 7.31. The number of ether oxygens (including phenoxy) is 3. The van der Waals surface area contributed by atoms with Gasteiger partial charge in [-0.05, 0) is 13.8 Å². The normalized spacial score (nSPS) is 11.7. The molecule has 0 saturated carbocycles. The lowest BCUT2D eigenvalue weighted by Gasteiger charge is -2.12. The van der Waals surface area contributed by atoms with Gasteiger partial charge in [0.25, 0.3) is 0 Å². The van der Waals surface area contributed by atoms with Crippen molar-refractivity contribution in [3.63, 3.8) is 0 Å². The van der Waals surface area contributed by atoms with E-state index in [0.29, 0.717) is 29.4 Å². The molecular weight excluding hydrogens is 410 g/mol. The van der Waals surface area contributed by atoms with E-state index < -0.39 is 0 Å². The molecule has 162 valence electrons. The number of aromatic nitrogens is 1. The highest BCUT2D eigenvalue weighted by Crippen LogP contribution is 2.33. The third-order valence-corrected chi connectivity index (χ3v) is 5.43. The second kappa shape index (κ2) is 10.1. The first-order chi connectivity index (χ1) is 15.0. The number of hydrogen-bond acceptors (Lipinski definition) is 6. The highest BCUT2D eigenvalue weighted by atomic mass is 32.1. The van der Waals surface area contributed by atoms with Gasteiger partial charge in [-0.25, -0.2) is 4.68 Å². The van der Waals surface area contributed by atoms with Crippen molar-refractivity contribution in [3.05, 3.63) is 69.9 Å². The fraction of sp³-hybridized carbons (Fsp3) is 0.250. The molecule has 0 radical (unpaired) electrons. The number of aryl methyl sites for hydroxylation is 1. The second-order valence-electron chi connectivity index (χ2n) is 7.04. The molecule has 0 aliphatic rings. The molecule has 0 aliphatic carbocycles. The lowest BCUT2D eigenvalue weighted by molar-refractivity contribution is 0.374. The Morgan fingerprint density at radius 1 is 1.06 bits per heavy atom. The van der Waals surface area contributed by atoms with E-state index in [-0.39, 0.29) is 0 Å². The van der Waals surface area contributed by atoms with Crippen molar-refractivity contribution in [2.75, 3.05) is 27.9 Å². The van der Waals surface area contributed by atoms with E-state index in [0.717, 1.165) is 21.6 Å². The average molecular weight is 438 g/mol. The lowest BCUT2D eigenvalue weighted by Crippen LogP contribution is -2.13. The Bertz CT molecular complexity index is 1130. The first-order valence-corrected chi connectivity index (χ1v) is 10.6. The summed E-state index contributed by atoms with van der Waals surface area (Å²) in [6, 6.07) is 11.9. The van der Waals surface area contributed by atoms with Gasteiger partial charge in [0, 0.05) is 23.1 Å². The topological polar surface area (TPSA) is 57.3 Å². The number of rotatable bonds is 8. The Balaban J connectivity index is 2.14. The van der Waals surface area contributed by atoms with Gasteiger partial charge in [-0.1, -0.05) is 42.0 Å². The van der Waals surface area contributed by atoms with Gasteiger partial charge in [-0.2, -0.15) is 5.10 Å². The summed E-state index contributed by atoms with van der Waals surface area (Å²) in [7, 11) is 4.82. The number of hydrogen-bond donors (Lipinski definition) is 0. The minimum Gasteiger partial charge on any atom is -0.496 e. The van der Waals surface area contributed by atoms with Gasteiger partial charge in [0.15, 0.2) is 0 Å². The van der Waals surface area contributed by atoms with Crippen LogP contribution in [0.5, 0.6) is 17.2 Å². The van der Waals surface area contributed by atoms with Gasteiger partial charge in [0.1, 0.15) is 17.2 Å². The van der Waals surface area contributed by atoms with Crippen LogP contribution in [0.15, 0.2) is 64.0 Å². The molecule has 0 bridgehead atoms. The van der Waals surface area contributed by atoms with Crippen LogP contribution in [0, 0.1) is 6.92 Å². The molecule has 0 fully saturated rings. The molecule has 0 unspecified atom stereocenters. The molecule has 0 N–H and O–H groups in total. The average Bonchev–Trinajstić information content (AvgIpc) is 3.18. The van der Waals surface area contributed by atoms with E-state index in [4.69, 9.17) is 19.3 Å². The van der Waals surface area contributed by atoms with Crippen LogP contribution in [-0.2, 0) is 0 Å². The summed E-state index contributed by atoms with van der Waals surface area (Å²) in [5, 5.41) is 6.82. The molecule has 0 aliphatic heterocycles. The van der Waals surface area contributed by atoms with Gasteiger partial charge in [0.2, 0.25) is 4.80 Å². The highest BCUT2D eigenvalue weighted by Gasteiger charge is 2.13. The van der Waals surface area contributed by atoms with Gasteiger partial charge in [-0.15, -0.1) is 11.3 Å². The van der Waals surface area contributed by atoms with Crippen LogP contribution < -0.4 is 19.0 Å². The zero-order valence-electron chi connectivity index (χ0n) is 18.5. The quantitative estimate of drug-likeness (QED) is 0.372. The molecule has 1 heterocycles. The number of thiazole rings is 1. The first kappa shape index (κ1) is 22.4. The summed E-state index contributed by atoms with van der Waals surface area (Å²) in [4.78, 5) is 5.46. The first-order valence-electron chi connectivity index (χ1n) is 9.73. The van der Waals surface area contributed by atoms with Gasteiger partial charge < -0.3 is 14.2 Å².